The molecule has 0 radical (unpaired) electrons. The molecule has 21 heavy (non-hydrogen) atoms. The minimum absolute atomic E-state index is 0.0551. The van der Waals surface area contributed by atoms with Crippen molar-refractivity contribution in [1.82, 2.24) is 10.6 Å². The summed E-state index contributed by atoms with van der Waals surface area (Å²) in [6.45, 7) is 1.07. The van der Waals surface area contributed by atoms with Crippen molar-refractivity contribution < 1.29 is 23.5 Å². The molecule has 7 heteroatoms. The molecule has 0 saturated heterocycles. The van der Waals surface area contributed by atoms with Crippen molar-refractivity contribution in [2.45, 2.75) is 6.42 Å². The highest BCUT2D eigenvalue weighted by atomic mass is 19.1. The second kappa shape index (κ2) is 8.91. The molecular weight excluding hydrogens is 279 g/mol. The van der Waals surface area contributed by atoms with E-state index in [1.54, 1.807) is 0 Å². The van der Waals surface area contributed by atoms with E-state index in [0.717, 1.165) is 25.1 Å². The number of halogens is 1. The van der Waals surface area contributed by atoms with E-state index in [-0.39, 0.29) is 23.8 Å². The quantitative estimate of drug-likeness (QED) is 0.546. The van der Waals surface area contributed by atoms with Crippen LogP contribution in [-0.2, 0) is 9.53 Å². The van der Waals surface area contributed by atoms with Gasteiger partial charge in [0.05, 0.1) is 7.11 Å². The van der Waals surface area contributed by atoms with Gasteiger partial charge in [-0.3, -0.25) is 4.79 Å². The first-order valence-corrected chi connectivity index (χ1v) is 6.50. The van der Waals surface area contributed by atoms with E-state index in [2.05, 4.69) is 15.4 Å². The molecule has 0 bridgehead atoms. The van der Waals surface area contributed by atoms with E-state index in [1.165, 1.54) is 13.2 Å². The third-order valence-electron chi connectivity index (χ3n) is 2.63. The summed E-state index contributed by atoms with van der Waals surface area (Å²) in [5.41, 5.74) is -0.0551. The van der Waals surface area contributed by atoms with Gasteiger partial charge in [-0.1, -0.05) is 0 Å². The minimum atomic E-state index is -0.723. The van der Waals surface area contributed by atoms with Crippen molar-refractivity contribution in [3.8, 4) is 5.75 Å². The predicted octanol–water partition coefficient (Wildman–Crippen LogP) is 0.717. The molecule has 0 atom stereocenters. The van der Waals surface area contributed by atoms with Gasteiger partial charge in [0, 0.05) is 6.54 Å². The Labute approximate surface area is 122 Å². The molecule has 0 heterocycles. The molecule has 0 aromatic heterocycles. The summed E-state index contributed by atoms with van der Waals surface area (Å²) in [4.78, 5) is 23.0. The van der Waals surface area contributed by atoms with Crippen LogP contribution in [0, 0.1) is 5.82 Å². The normalized spacial score (nSPS) is 10.0. The van der Waals surface area contributed by atoms with Crippen molar-refractivity contribution in [3.05, 3.63) is 29.6 Å². The van der Waals surface area contributed by atoms with E-state index >= 15 is 0 Å². The lowest BCUT2D eigenvalue weighted by molar-refractivity contribution is -0.123. The van der Waals surface area contributed by atoms with Gasteiger partial charge in [0.2, 0.25) is 0 Å². The Morgan fingerprint density at radius 2 is 2.05 bits per heavy atom. The Morgan fingerprint density at radius 1 is 1.29 bits per heavy atom. The van der Waals surface area contributed by atoms with Crippen LogP contribution in [0.3, 0.4) is 0 Å². The number of hydrogen-bond acceptors (Lipinski definition) is 5. The number of hydrogen-bond donors (Lipinski definition) is 2. The van der Waals surface area contributed by atoms with Crippen LogP contribution >= 0.6 is 0 Å². The molecule has 0 aliphatic rings. The molecular formula is C14H19FN2O4. The van der Waals surface area contributed by atoms with Gasteiger partial charge < -0.3 is 20.1 Å². The molecule has 0 unspecified atom stereocenters. The fourth-order valence-electron chi connectivity index (χ4n) is 1.58. The summed E-state index contributed by atoms with van der Waals surface area (Å²) in [5, 5.41) is 5.63. The van der Waals surface area contributed by atoms with E-state index in [0.29, 0.717) is 6.54 Å². The van der Waals surface area contributed by atoms with E-state index in [4.69, 9.17) is 4.74 Å². The second-order valence-electron chi connectivity index (χ2n) is 4.23. The van der Waals surface area contributed by atoms with E-state index in [1.807, 2.05) is 7.05 Å². The highest BCUT2D eigenvalue weighted by molar-refractivity contribution is 5.92. The first kappa shape index (κ1) is 16.9. The van der Waals surface area contributed by atoms with Gasteiger partial charge in [0.25, 0.3) is 5.91 Å². The van der Waals surface area contributed by atoms with Crippen LogP contribution in [0.5, 0.6) is 5.75 Å². The van der Waals surface area contributed by atoms with Crippen LogP contribution in [0.4, 0.5) is 4.39 Å². The first-order valence-electron chi connectivity index (χ1n) is 6.50. The van der Waals surface area contributed by atoms with Crippen molar-refractivity contribution in [2.75, 3.05) is 33.9 Å². The highest BCUT2D eigenvalue weighted by Gasteiger charge is 2.15. The Hall–Kier alpha value is -2.15. The molecule has 0 aliphatic carbocycles. The number of carbonyl (C=O) groups excluding carboxylic acids is 2. The number of carbonyl (C=O) groups is 2. The third-order valence-corrected chi connectivity index (χ3v) is 2.63. The monoisotopic (exact) mass is 298 g/mol. The number of amides is 1. The number of nitrogens with one attached hydrogen (secondary N) is 2. The molecule has 0 aliphatic heterocycles. The molecule has 1 aromatic carbocycles. The van der Waals surface area contributed by atoms with Crippen LogP contribution in [0.15, 0.2) is 18.2 Å². The van der Waals surface area contributed by atoms with Gasteiger partial charge in [0.1, 0.15) is 17.1 Å². The smallest absolute Gasteiger partial charge is 0.341 e. The van der Waals surface area contributed by atoms with Gasteiger partial charge in [0.15, 0.2) is 6.61 Å². The Kier molecular flexibility index (Phi) is 7.17. The lowest BCUT2D eigenvalue weighted by Crippen LogP contribution is -2.31. The van der Waals surface area contributed by atoms with Crippen molar-refractivity contribution in [3.63, 3.8) is 0 Å². The minimum Gasteiger partial charge on any atom is -0.483 e. The van der Waals surface area contributed by atoms with Crippen LogP contribution in [-0.4, -0.2) is 45.7 Å². The molecule has 0 saturated carbocycles. The van der Waals surface area contributed by atoms with Gasteiger partial charge in [-0.2, -0.15) is 0 Å². The predicted molar refractivity (Wildman–Crippen MR) is 74.8 cm³/mol. The molecule has 116 valence electrons. The molecule has 6 nitrogen and oxygen atoms in total. The number of esters is 1. The van der Waals surface area contributed by atoms with E-state index < -0.39 is 11.8 Å². The maximum absolute atomic E-state index is 13.1. The zero-order valence-corrected chi connectivity index (χ0v) is 12.1. The van der Waals surface area contributed by atoms with Gasteiger partial charge >= 0.3 is 5.97 Å². The van der Waals surface area contributed by atoms with Crippen LogP contribution in [0.1, 0.15) is 16.8 Å². The molecule has 1 amide bonds. The van der Waals surface area contributed by atoms with Crippen LogP contribution < -0.4 is 15.4 Å². The lowest BCUT2D eigenvalue weighted by atomic mass is 10.2. The molecule has 0 spiro atoms. The summed E-state index contributed by atoms with van der Waals surface area (Å²) < 4.78 is 22.9. The van der Waals surface area contributed by atoms with Crippen LogP contribution in [0.2, 0.25) is 0 Å². The fourth-order valence-corrected chi connectivity index (χ4v) is 1.58. The summed E-state index contributed by atoms with van der Waals surface area (Å²) in [7, 11) is 3.01. The third kappa shape index (κ3) is 5.78. The number of ether oxygens (including phenoxy) is 2. The maximum atomic E-state index is 13.1. The maximum Gasteiger partial charge on any atom is 0.341 e. The summed E-state index contributed by atoms with van der Waals surface area (Å²) in [5.74, 6) is -1.52. The Morgan fingerprint density at radius 3 is 2.71 bits per heavy atom. The number of rotatable bonds is 8. The average Bonchev–Trinajstić information content (AvgIpc) is 2.49. The zero-order chi connectivity index (χ0) is 15.7. The average molecular weight is 298 g/mol. The van der Waals surface area contributed by atoms with Gasteiger partial charge in [-0.25, -0.2) is 9.18 Å². The lowest BCUT2D eigenvalue weighted by Gasteiger charge is -2.10. The zero-order valence-electron chi connectivity index (χ0n) is 12.1. The van der Waals surface area contributed by atoms with Gasteiger partial charge in [-0.15, -0.1) is 0 Å². The fraction of sp³-hybridized carbons (Fsp3) is 0.429. The van der Waals surface area contributed by atoms with Crippen molar-refractivity contribution in [2.24, 2.45) is 0 Å². The summed E-state index contributed by atoms with van der Waals surface area (Å²) in [6, 6.07) is 3.44. The Bertz CT molecular complexity index is 494. The highest BCUT2D eigenvalue weighted by Crippen LogP contribution is 2.20. The first-order chi connectivity index (χ1) is 10.1. The standard InChI is InChI=1S/C14H19FN2O4/c1-16-6-3-7-17-13(18)9-21-12-5-4-10(15)8-11(12)14(19)20-2/h4-5,8,16H,3,6-7,9H2,1-2H3,(H,17,18). The summed E-state index contributed by atoms with van der Waals surface area (Å²) in [6.07, 6.45) is 0.798. The largest absolute Gasteiger partial charge is 0.483 e. The number of methoxy groups -OCH3 is 1. The van der Waals surface area contributed by atoms with Gasteiger partial charge in [-0.05, 0) is 38.2 Å². The second-order valence-corrected chi connectivity index (χ2v) is 4.23. The molecule has 1 rings (SSSR count). The SMILES string of the molecule is CNCCCNC(=O)COc1ccc(F)cc1C(=O)OC. The molecule has 2 N–H and O–H groups in total. The molecule has 1 aromatic rings. The van der Waals surface area contributed by atoms with E-state index in [9.17, 15) is 14.0 Å². The van der Waals surface area contributed by atoms with Crippen molar-refractivity contribution in [1.29, 1.82) is 0 Å². The molecule has 0 fully saturated rings. The summed E-state index contributed by atoms with van der Waals surface area (Å²) >= 11 is 0. The Balaban J connectivity index is 2.55. The van der Waals surface area contributed by atoms with Crippen LogP contribution in [0.25, 0.3) is 0 Å². The van der Waals surface area contributed by atoms with Crippen molar-refractivity contribution >= 4 is 11.9 Å². The number of benzene rings is 1. The topological polar surface area (TPSA) is 76.7 Å².